The Balaban J connectivity index is 1.76. The van der Waals surface area contributed by atoms with Gasteiger partial charge in [0.1, 0.15) is 6.61 Å². The van der Waals surface area contributed by atoms with Gasteiger partial charge in [-0.15, -0.1) is 5.10 Å². The molecule has 0 bridgehead atoms. The van der Waals surface area contributed by atoms with Gasteiger partial charge in [0, 0.05) is 25.1 Å². The largest absolute Gasteiger partial charge is 0.372 e. The molecule has 23 heavy (non-hydrogen) atoms. The molecule has 0 aromatic carbocycles. The van der Waals surface area contributed by atoms with Gasteiger partial charge in [0.15, 0.2) is 12.1 Å². The normalized spacial score (nSPS) is 19.2. The molecule has 132 valence electrons. The summed E-state index contributed by atoms with van der Waals surface area (Å²) >= 11 is 0. The molecule has 1 aliphatic carbocycles. The van der Waals surface area contributed by atoms with Crippen LogP contribution in [0.2, 0.25) is 0 Å². The lowest BCUT2D eigenvalue weighted by molar-refractivity contribution is -0.0122. The SMILES string of the molecule is COC(C(C)C)n1nnnc1COC[C@@H](C)NC1CCCCC1. The van der Waals surface area contributed by atoms with E-state index in [2.05, 4.69) is 41.6 Å². The molecule has 1 fully saturated rings. The Bertz CT molecular complexity index is 445. The number of hydrogen-bond acceptors (Lipinski definition) is 6. The first kappa shape index (κ1) is 18.3. The van der Waals surface area contributed by atoms with Crippen LogP contribution in [0.15, 0.2) is 0 Å². The van der Waals surface area contributed by atoms with Crippen LogP contribution in [0.25, 0.3) is 0 Å². The van der Waals surface area contributed by atoms with E-state index in [9.17, 15) is 0 Å². The maximum Gasteiger partial charge on any atom is 0.179 e. The van der Waals surface area contributed by atoms with E-state index < -0.39 is 0 Å². The minimum atomic E-state index is -0.165. The van der Waals surface area contributed by atoms with Crippen molar-refractivity contribution in [2.75, 3.05) is 13.7 Å². The van der Waals surface area contributed by atoms with Gasteiger partial charge in [-0.05, 0) is 30.2 Å². The molecule has 2 rings (SSSR count). The summed E-state index contributed by atoms with van der Waals surface area (Å²) in [5, 5.41) is 15.5. The van der Waals surface area contributed by atoms with Crippen LogP contribution in [-0.2, 0) is 16.1 Å². The zero-order valence-electron chi connectivity index (χ0n) is 14.9. The van der Waals surface area contributed by atoms with Gasteiger partial charge in [-0.3, -0.25) is 0 Å². The quantitative estimate of drug-likeness (QED) is 0.751. The van der Waals surface area contributed by atoms with Crippen LogP contribution < -0.4 is 5.32 Å². The highest BCUT2D eigenvalue weighted by molar-refractivity contribution is 4.81. The van der Waals surface area contributed by atoms with Gasteiger partial charge in [0.2, 0.25) is 0 Å². The van der Waals surface area contributed by atoms with Crippen LogP contribution in [0.4, 0.5) is 0 Å². The van der Waals surface area contributed by atoms with Gasteiger partial charge in [-0.1, -0.05) is 33.1 Å². The molecule has 7 nitrogen and oxygen atoms in total. The summed E-state index contributed by atoms with van der Waals surface area (Å²) in [6.45, 7) is 7.38. The Morgan fingerprint density at radius 2 is 1.96 bits per heavy atom. The van der Waals surface area contributed by atoms with Crippen molar-refractivity contribution in [3.05, 3.63) is 5.82 Å². The maximum atomic E-state index is 5.82. The highest BCUT2D eigenvalue weighted by Crippen LogP contribution is 2.19. The van der Waals surface area contributed by atoms with Crippen LogP contribution in [0.5, 0.6) is 0 Å². The molecule has 1 aromatic heterocycles. The number of tetrazole rings is 1. The van der Waals surface area contributed by atoms with Gasteiger partial charge in [-0.25, -0.2) is 0 Å². The summed E-state index contributed by atoms with van der Waals surface area (Å²) in [7, 11) is 1.67. The van der Waals surface area contributed by atoms with E-state index in [-0.39, 0.29) is 12.1 Å². The minimum absolute atomic E-state index is 0.165. The summed E-state index contributed by atoms with van der Waals surface area (Å²) in [4.78, 5) is 0. The third-order valence-electron chi connectivity index (χ3n) is 4.34. The van der Waals surface area contributed by atoms with Gasteiger partial charge >= 0.3 is 0 Å². The molecule has 7 heteroatoms. The van der Waals surface area contributed by atoms with Crippen molar-refractivity contribution >= 4 is 0 Å². The van der Waals surface area contributed by atoms with E-state index in [1.165, 1.54) is 32.1 Å². The molecule has 1 aromatic rings. The second-order valence-electron chi connectivity index (χ2n) is 6.83. The molecular formula is C16H31N5O2. The van der Waals surface area contributed by atoms with Gasteiger partial charge < -0.3 is 14.8 Å². The van der Waals surface area contributed by atoms with Gasteiger partial charge in [0.25, 0.3) is 0 Å². The second-order valence-corrected chi connectivity index (χ2v) is 6.83. The lowest BCUT2D eigenvalue weighted by Crippen LogP contribution is -2.40. The molecule has 1 aliphatic rings. The van der Waals surface area contributed by atoms with Crippen LogP contribution in [-0.4, -0.2) is 46.0 Å². The molecule has 1 unspecified atom stereocenters. The van der Waals surface area contributed by atoms with Crippen molar-refractivity contribution in [1.29, 1.82) is 0 Å². The lowest BCUT2D eigenvalue weighted by atomic mass is 9.95. The highest BCUT2D eigenvalue weighted by Gasteiger charge is 2.20. The Kier molecular flexibility index (Phi) is 7.39. The average molecular weight is 325 g/mol. The van der Waals surface area contributed by atoms with Crippen molar-refractivity contribution in [2.24, 2.45) is 5.92 Å². The number of aromatic nitrogens is 4. The average Bonchev–Trinajstić information content (AvgIpc) is 2.97. The van der Waals surface area contributed by atoms with Crippen molar-refractivity contribution < 1.29 is 9.47 Å². The van der Waals surface area contributed by atoms with Crippen LogP contribution >= 0.6 is 0 Å². The lowest BCUT2D eigenvalue weighted by Gasteiger charge is -2.26. The molecule has 0 radical (unpaired) electrons. The van der Waals surface area contributed by atoms with Gasteiger partial charge in [0.05, 0.1) is 6.61 Å². The van der Waals surface area contributed by atoms with Crippen molar-refractivity contribution in [3.8, 4) is 0 Å². The predicted octanol–water partition coefficient (Wildman–Crippen LogP) is 2.30. The molecule has 1 N–H and O–H groups in total. The third-order valence-corrected chi connectivity index (χ3v) is 4.34. The van der Waals surface area contributed by atoms with E-state index >= 15 is 0 Å². The van der Waals surface area contributed by atoms with E-state index in [1.54, 1.807) is 11.8 Å². The first-order chi connectivity index (χ1) is 11.1. The van der Waals surface area contributed by atoms with Gasteiger partial charge in [-0.2, -0.15) is 4.68 Å². The van der Waals surface area contributed by atoms with E-state index in [1.807, 2.05) is 0 Å². The molecule has 2 atom stereocenters. The number of hydrogen-bond donors (Lipinski definition) is 1. The summed E-state index contributed by atoms with van der Waals surface area (Å²) in [5.41, 5.74) is 0. The third kappa shape index (κ3) is 5.51. The topological polar surface area (TPSA) is 74.1 Å². The van der Waals surface area contributed by atoms with E-state index in [4.69, 9.17) is 9.47 Å². The molecule has 1 saturated carbocycles. The molecule has 0 aliphatic heterocycles. The zero-order valence-corrected chi connectivity index (χ0v) is 14.9. The molecular weight excluding hydrogens is 294 g/mol. The Morgan fingerprint density at radius 1 is 1.22 bits per heavy atom. The van der Waals surface area contributed by atoms with Crippen molar-refractivity contribution in [2.45, 2.75) is 77.8 Å². The minimum Gasteiger partial charge on any atom is -0.372 e. The number of rotatable bonds is 9. The fourth-order valence-electron chi connectivity index (χ4n) is 3.21. The monoisotopic (exact) mass is 325 g/mol. The fourth-order valence-corrected chi connectivity index (χ4v) is 3.21. The fraction of sp³-hybridized carbons (Fsp3) is 0.938. The number of nitrogens with zero attached hydrogens (tertiary/aromatic N) is 4. The van der Waals surface area contributed by atoms with E-state index in [0.717, 1.165) is 0 Å². The van der Waals surface area contributed by atoms with Crippen LogP contribution in [0.1, 0.15) is 64.9 Å². The Labute approximate surface area is 139 Å². The van der Waals surface area contributed by atoms with Crippen molar-refractivity contribution in [3.63, 3.8) is 0 Å². The zero-order chi connectivity index (χ0) is 16.7. The predicted molar refractivity (Wildman–Crippen MR) is 87.8 cm³/mol. The molecule has 1 heterocycles. The van der Waals surface area contributed by atoms with Crippen LogP contribution in [0.3, 0.4) is 0 Å². The van der Waals surface area contributed by atoms with Crippen molar-refractivity contribution in [1.82, 2.24) is 25.5 Å². The van der Waals surface area contributed by atoms with E-state index in [0.29, 0.717) is 31.1 Å². The Hall–Kier alpha value is -1.05. The van der Waals surface area contributed by atoms with Crippen LogP contribution in [0, 0.1) is 5.92 Å². The summed E-state index contributed by atoms with van der Waals surface area (Å²) in [6.07, 6.45) is 6.46. The maximum absolute atomic E-state index is 5.82. The number of nitrogens with one attached hydrogen (secondary N) is 1. The molecule has 0 saturated heterocycles. The second kappa shape index (κ2) is 9.30. The standard InChI is InChI=1S/C16H31N5O2/c1-12(2)16(22-4)21-15(18-19-20-21)11-23-10-13(3)17-14-8-6-5-7-9-14/h12-14,16-17H,5-11H2,1-4H3/t13-,16?/m1/s1. The number of methoxy groups -OCH3 is 1. The summed E-state index contributed by atoms with van der Waals surface area (Å²) < 4.78 is 13.0. The summed E-state index contributed by atoms with van der Waals surface area (Å²) in [5.74, 6) is 0.990. The first-order valence-corrected chi connectivity index (χ1v) is 8.75. The highest BCUT2D eigenvalue weighted by atomic mass is 16.5. The first-order valence-electron chi connectivity index (χ1n) is 8.75. The molecule has 0 spiro atoms. The molecule has 0 amide bonds. The number of ether oxygens (including phenoxy) is 2. The smallest absolute Gasteiger partial charge is 0.179 e. The summed E-state index contributed by atoms with van der Waals surface area (Å²) in [6, 6.07) is 0.984. The Morgan fingerprint density at radius 3 is 2.61 bits per heavy atom.